The van der Waals surface area contributed by atoms with Crippen LogP contribution in [0, 0.1) is 10.1 Å². The van der Waals surface area contributed by atoms with Gasteiger partial charge in [0.25, 0.3) is 5.69 Å². The smallest absolute Gasteiger partial charge is 0.356 e. The molecule has 0 saturated carbocycles. The molecule has 0 heterocycles. The molecule has 76 valence electrons. The van der Waals surface area contributed by atoms with E-state index in [2.05, 4.69) is 10.7 Å². The van der Waals surface area contributed by atoms with E-state index < -0.39 is 10.9 Å². The second kappa shape index (κ2) is 5.15. The fraction of sp³-hybridized carbons (Fsp3) is 0. The third-order valence-corrected chi connectivity index (χ3v) is 1.42. The first-order valence-electron chi connectivity index (χ1n) is 3.30. The molecule has 0 aromatic heterocycles. The van der Waals surface area contributed by atoms with Gasteiger partial charge < -0.3 is 4.84 Å². The monoisotopic (exact) mass is 218 g/mol. The first kappa shape index (κ1) is 12.3. The van der Waals surface area contributed by atoms with Gasteiger partial charge in [0.1, 0.15) is 0 Å². The Morgan fingerprint density at radius 3 is 2.21 bits per heavy atom. The van der Waals surface area contributed by atoms with Gasteiger partial charge in [-0.2, -0.15) is 5.90 Å². The second-order valence-electron chi connectivity index (χ2n) is 2.21. The van der Waals surface area contributed by atoms with E-state index in [1.807, 2.05) is 0 Å². The molecule has 0 aliphatic heterocycles. The van der Waals surface area contributed by atoms with E-state index in [1.54, 1.807) is 0 Å². The van der Waals surface area contributed by atoms with E-state index >= 15 is 0 Å². The third kappa shape index (κ3) is 2.68. The van der Waals surface area contributed by atoms with Crippen molar-refractivity contribution in [3.8, 4) is 0 Å². The van der Waals surface area contributed by atoms with Gasteiger partial charge in [0, 0.05) is 12.1 Å². The number of carbonyl (C=O) groups is 1. The van der Waals surface area contributed by atoms with Crippen molar-refractivity contribution in [2.24, 2.45) is 5.90 Å². The molecule has 0 saturated heterocycles. The van der Waals surface area contributed by atoms with Crippen LogP contribution in [0.5, 0.6) is 0 Å². The van der Waals surface area contributed by atoms with E-state index in [0.717, 1.165) is 0 Å². The number of nitro groups is 1. The number of non-ortho nitro benzene ring substituents is 1. The highest BCUT2D eigenvalue weighted by atomic mass is 35.5. The highest BCUT2D eigenvalue weighted by Crippen LogP contribution is 2.11. The zero-order valence-corrected chi connectivity index (χ0v) is 7.69. The lowest BCUT2D eigenvalue weighted by molar-refractivity contribution is -0.384. The summed E-state index contributed by atoms with van der Waals surface area (Å²) in [6.07, 6.45) is 0. The largest absolute Gasteiger partial charge is 0.370 e. The minimum Gasteiger partial charge on any atom is -0.370 e. The van der Waals surface area contributed by atoms with Crippen molar-refractivity contribution in [2.75, 3.05) is 0 Å². The van der Waals surface area contributed by atoms with Gasteiger partial charge in [-0.15, -0.1) is 12.4 Å². The topological polar surface area (TPSA) is 95.5 Å². The van der Waals surface area contributed by atoms with Crippen LogP contribution in [0.2, 0.25) is 0 Å². The summed E-state index contributed by atoms with van der Waals surface area (Å²) in [6, 6.07) is 4.94. The van der Waals surface area contributed by atoms with Crippen LogP contribution in [0.1, 0.15) is 10.4 Å². The van der Waals surface area contributed by atoms with Crippen LogP contribution < -0.4 is 5.90 Å². The van der Waals surface area contributed by atoms with Crippen LogP contribution in [0.3, 0.4) is 0 Å². The highest BCUT2D eigenvalue weighted by molar-refractivity contribution is 5.89. The standard InChI is InChI=1S/C7H6N2O4.ClH/c8-13-7(10)5-1-3-6(4-2-5)9(11)12;/h1-4H,8H2;1H. The highest BCUT2D eigenvalue weighted by Gasteiger charge is 2.08. The van der Waals surface area contributed by atoms with E-state index in [9.17, 15) is 14.9 Å². The first-order chi connectivity index (χ1) is 6.15. The van der Waals surface area contributed by atoms with Crippen molar-refractivity contribution in [3.05, 3.63) is 39.9 Å². The van der Waals surface area contributed by atoms with Gasteiger partial charge in [-0.3, -0.25) is 10.1 Å². The maximum Gasteiger partial charge on any atom is 0.356 e. The number of rotatable bonds is 2. The molecule has 1 aromatic rings. The molecule has 1 aromatic carbocycles. The lowest BCUT2D eigenvalue weighted by Crippen LogP contribution is -2.09. The number of nitrogens with two attached hydrogens (primary N) is 1. The minimum atomic E-state index is -0.727. The number of hydrogen-bond donors (Lipinski definition) is 1. The molecule has 0 atom stereocenters. The molecular weight excluding hydrogens is 212 g/mol. The Balaban J connectivity index is 0.00000169. The molecule has 0 bridgehead atoms. The minimum absolute atomic E-state index is 0. The number of benzene rings is 1. The molecule has 0 spiro atoms. The number of nitro benzene ring substituents is 1. The summed E-state index contributed by atoms with van der Waals surface area (Å²) in [5.41, 5.74) is 0.0849. The van der Waals surface area contributed by atoms with E-state index in [1.165, 1.54) is 24.3 Å². The Labute approximate surface area is 85.2 Å². The van der Waals surface area contributed by atoms with Crippen molar-refractivity contribution in [2.45, 2.75) is 0 Å². The fourth-order valence-electron chi connectivity index (χ4n) is 0.787. The molecule has 0 fully saturated rings. The molecule has 0 aliphatic rings. The van der Waals surface area contributed by atoms with Crippen LogP contribution in [-0.2, 0) is 4.84 Å². The Morgan fingerprint density at radius 1 is 1.36 bits per heavy atom. The number of nitrogens with zero attached hydrogens (tertiary/aromatic N) is 1. The van der Waals surface area contributed by atoms with Gasteiger partial charge >= 0.3 is 5.97 Å². The van der Waals surface area contributed by atoms with Crippen molar-refractivity contribution in [1.29, 1.82) is 0 Å². The summed E-state index contributed by atoms with van der Waals surface area (Å²) in [4.78, 5) is 24.4. The third-order valence-electron chi connectivity index (χ3n) is 1.42. The van der Waals surface area contributed by atoms with Crippen molar-refractivity contribution >= 4 is 24.1 Å². The number of carbonyl (C=O) groups excluding carboxylic acids is 1. The molecule has 0 radical (unpaired) electrons. The predicted molar refractivity (Wildman–Crippen MR) is 49.9 cm³/mol. The first-order valence-corrected chi connectivity index (χ1v) is 3.30. The summed E-state index contributed by atoms with van der Waals surface area (Å²) in [5.74, 6) is 3.89. The van der Waals surface area contributed by atoms with E-state index in [4.69, 9.17) is 0 Å². The number of hydrogen-bond acceptors (Lipinski definition) is 5. The van der Waals surface area contributed by atoms with Crippen LogP contribution in [0.4, 0.5) is 5.69 Å². The lowest BCUT2D eigenvalue weighted by Gasteiger charge is -1.96. The van der Waals surface area contributed by atoms with Gasteiger partial charge in [-0.05, 0) is 12.1 Å². The molecule has 7 heteroatoms. The van der Waals surface area contributed by atoms with Crippen LogP contribution in [-0.4, -0.2) is 10.9 Å². The number of halogens is 1. The lowest BCUT2D eigenvalue weighted by atomic mass is 10.2. The van der Waals surface area contributed by atoms with Crippen molar-refractivity contribution < 1.29 is 14.6 Å². The van der Waals surface area contributed by atoms with Crippen LogP contribution in [0.25, 0.3) is 0 Å². The normalized spacial score (nSPS) is 8.64. The summed E-state index contributed by atoms with van der Waals surface area (Å²) in [5, 5.41) is 10.2. The Hall–Kier alpha value is -1.66. The fourth-order valence-corrected chi connectivity index (χ4v) is 0.787. The van der Waals surface area contributed by atoms with Crippen molar-refractivity contribution in [3.63, 3.8) is 0 Å². The SMILES string of the molecule is Cl.NOC(=O)c1ccc([N+](=O)[O-])cc1. The molecular formula is C7H7ClN2O4. The average Bonchev–Trinajstić information content (AvgIpc) is 2.17. The second-order valence-corrected chi connectivity index (χ2v) is 2.21. The average molecular weight is 219 g/mol. The van der Waals surface area contributed by atoms with Gasteiger partial charge in [0.2, 0.25) is 0 Å². The van der Waals surface area contributed by atoms with Crippen molar-refractivity contribution in [1.82, 2.24) is 0 Å². The predicted octanol–water partition coefficient (Wildman–Crippen LogP) is 1.05. The van der Waals surface area contributed by atoms with E-state index in [-0.39, 0.29) is 23.7 Å². The van der Waals surface area contributed by atoms with Crippen LogP contribution in [0.15, 0.2) is 24.3 Å². The zero-order valence-electron chi connectivity index (χ0n) is 6.88. The quantitative estimate of drug-likeness (QED) is 0.591. The maximum absolute atomic E-state index is 10.8. The summed E-state index contributed by atoms with van der Waals surface area (Å²) in [7, 11) is 0. The van der Waals surface area contributed by atoms with Crippen LogP contribution >= 0.6 is 12.4 Å². The Kier molecular flexibility index (Phi) is 4.54. The summed E-state index contributed by atoms with van der Waals surface area (Å²) >= 11 is 0. The molecule has 0 unspecified atom stereocenters. The summed E-state index contributed by atoms with van der Waals surface area (Å²) in [6.45, 7) is 0. The van der Waals surface area contributed by atoms with Gasteiger partial charge in [-0.25, -0.2) is 4.79 Å². The molecule has 6 nitrogen and oxygen atoms in total. The Morgan fingerprint density at radius 2 is 1.86 bits per heavy atom. The summed E-state index contributed by atoms with van der Waals surface area (Å²) < 4.78 is 0. The molecule has 14 heavy (non-hydrogen) atoms. The molecule has 2 N–H and O–H groups in total. The van der Waals surface area contributed by atoms with Gasteiger partial charge in [0.05, 0.1) is 10.5 Å². The molecule has 1 rings (SSSR count). The maximum atomic E-state index is 10.8. The van der Waals surface area contributed by atoms with Gasteiger partial charge in [0.15, 0.2) is 0 Å². The zero-order chi connectivity index (χ0) is 9.84. The Bertz CT molecular complexity index is 338. The van der Waals surface area contributed by atoms with Gasteiger partial charge in [-0.1, -0.05) is 0 Å². The molecule has 0 amide bonds. The molecule has 0 aliphatic carbocycles. The van der Waals surface area contributed by atoms with E-state index in [0.29, 0.717) is 0 Å².